The largest absolute Gasteiger partial charge is 0.493 e. The molecule has 0 unspecified atom stereocenters. The number of ketones is 1. The number of aryl methyl sites for hydroxylation is 1. The molecule has 0 amide bonds. The molecule has 1 saturated carbocycles. The van der Waals surface area contributed by atoms with Crippen molar-refractivity contribution in [1.29, 1.82) is 0 Å². The highest BCUT2D eigenvalue weighted by atomic mass is 19.4. The molecule has 0 N–H and O–H groups in total. The molecule has 1 aromatic heterocycles. The maximum absolute atomic E-state index is 12.7. The van der Waals surface area contributed by atoms with Crippen molar-refractivity contribution in [2.24, 2.45) is 11.8 Å². The summed E-state index contributed by atoms with van der Waals surface area (Å²) < 4.78 is 44.7. The fraction of sp³-hybridized carbons (Fsp3) is 0.714. The van der Waals surface area contributed by atoms with Crippen molar-refractivity contribution in [2.45, 2.75) is 45.3 Å². The second-order valence-electron chi connectivity index (χ2n) is 5.33. The average molecular weight is 304 g/mol. The van der Waals surface area contributed by atoms with E-state index >= 15 is 0 Å². The van der Waals surface area contributed by atoms with Crippen LogP contribution >= 0.6 is 0 Å². The van der Waals surface area contributed by atoms with Gasteiger partial charge in [-0.05, 0) is 32.6 Å². The molecule has 4 nitrogen and oxygen atoms in total. The van der Waals surface area contributed by atoms with Gasteiger partial charge in [0.2, 0.25) is 0 Å². The van der Waals surface area contributed by atoms with Gasteiger partial charge in [0.1, 0.15) is 5.69 Å². The summed E-state index contributed by atoms with van der Waals surface area (Å²) in [6.07, 6.45) is -2.12. The Balaban J connectivity index is 2.11. The molecule has 1 aromatic rings. The highest BCUT2D eigenvalue weighted by molar-refractivity contribution is 5.98. The first kappa shape index (κ1) is 15.9. The van der Waals surface area contributed by atoms with Gasteiger partial charge in [0.15, 0.2) is 11.5 Å². The van der Waals surface area contributed by atoms with Gasteiger partial charge in [-0.25, -0.2) is 0 Å². The normalized spacial score (nSPS) is 23.1. The zero-order valence-corrected chi connectivity index (χ0v) is 12.1. The van der Waals surface area contributed by atoms with E-state index < -0.39 is 12.1 Å². The summed E-state index contributed by atoms with van der Waals surface area (Å²) in [5.41, 5.74) is 0.371. The summed E-state index contributed by atoms with van der Waals surface area (Å²) in [6.45, 7) is 2.37. The fourth-order valence-corrected chi connectivity index (χ4v) is 2.88. The molecule has 7 heteroatoms. The third kappa shape index (κ3) is 3.22. The first-order valence-electron chi connectivity index (χ1n) is 7.09. The van der Waals surface area contributed by atoms with E-state index in [0.29, 0.717) is 18.0 Å². The van der Waals surface area contributed by atoms with Crippen molar-refractivity contribution >= 4 is 5.78 Å². The molecule has 1 aliphatic carbocycles. The number of nitrogens with zero attached hydrogens (tertiary/aromatic N) is 2. The molecule has 0 atom stereocenters. The highest BCUT2D eigenvalue weighted by Gasteiger charge is 2.43. The second-order valence-corrected chi connectivity index (χ2v) is 5.33. The van der Waals surface area contributed by atoms with Gasteiger partial charge in [-0.3, -0.25) is 9.48 Å². The first-order valence-corrected chi connectivity index (χ1v) is 7.09. The molecular weight excluding hydrogens is 285 g/mol. The van der Waals surface area contributed by atoms with Crippen LogP contribution in [-0.4, -0.2) is 28.8 Å². The Morgan fingerprint density at radius 3 is 2.48 bits per heavy atom. The van der Waals surface area contributed by atoms with Crippen molar-refractivity contribution in [3.05, 3.63) is 11.9 Å². The number of aromatic nitrogens is 2. The van der Waals surface area contributed by atoms with Crippen LogP contribution in [0.5, 0.6) is 5.75 Å². The van der Waals surface area contributed by atoms with Crippen molar-refractivity contribution in [3.63, 3.8) is 0 Å². The van der Waals surface area contributed by atoms with Crippen molar-refractivity contribution in [3.8, 4) is 5.75 Å². The van der Waals surface area contributed by atoms with E-state index in [2.05, 4.69) is 5.10 Å². The lowest BCUT2D eigenvalue weighted by Gasteiger charge is -2.29. The maximum Gasteiger partial charge on any atom is 0.391 e. The molecule has 1 heterocycles. The van der Waals surface area contributed by atoms with Crippen LogP contribution in [-0.2, 0) is 6.54 Å². The van der Waals surface area contributed by atoms with E-state index in [0.717, 1.165) is 0 Å². The van der Waals surface area contributed by atoms with E-state index in [1.54, 1.807) is 0 Å². The third-order valence-electron chi connectivity index (χ3n) is 4.12. The van der Waals surface area contributed by atoms with Gasteiger partial charge in [-0.15, -0.1) is 0 Å². The van der Waals surface area contributed by atoms with Crippen molar-refractivity contribution in [2.75, 3.05) is 7.11 Å². The van der Waals surface area contributed by atoms with Crippen LogP contribution in [0.2, 0.25) is 0 Å². The Kier molecular flexibility index (Phi) is 4.58. The van der Waals surface area contributed by atoms with E-state index in [4.69, 9.17) is 4.74 Å². The fourth-order valence-electron chi connectivity index (χ4n) is 2.88. The van der Waals surface area contributed by atoms with Gasteiger partial charge < -0.3 is 4.74 Å². The number of rotatable bonds is 4. The Hall–Kier alpha value is -1.53. The summed E-state index contributed by atoms with van der Waals surface area (Å²) in [5, 5.41) is 4.07. The number of carbonyl (C=O) groups is 1. The van der Waals surface area contributed by atoms with E-state index in [1.807, 2.05) is 6.92 Å². The Morgan fingerprint density at radius 1 is 1.38 bits per heavy atom. The molecule has 2 rings (SSSR count). The van der Waals surface area contributed by atoms with Gasteiger partial charge in [0, 0.05) is 12.5 Å². The van der Waals surface area contributed by atoms with Crippen LogP contribution in [0, 0.1) is 11.8 Å². The van der Waals surface area contributed by atoms with Gasteiger partial charge >= 0.3 is 6.18 Å². The van der Waals surface area contributed by atoms with Gasteiger partial charge in [0.25, 0.3) is 0 Å². The lowest BCUT2D eigenvalue weighted by Crippen LogP contribution is -2.31. The Morgan fingerprint density at radius 2 is 2.00 bits per heavy atom. The van der Waals surface area contributed by atoms with E-state index in [-0.39, 0.29) is 37.4 Å². The average Bonchev–Trinajstić information content (AvgIpc) is 2.88. The number of carbonyl (C=O) groups excluding carboxylic acids is 1. The molecule has 0 aliphatic heterocycles. The molecule has 118 valence electrons. The summed E-state index contributed by atoms with van der Waals surface area (Å²) in [5.74, 6) is -1.43. The van der Waals surface area contributed by atoms with Crippen LogP contribution < -0.4 is 4.74 Å². The molecule has 1 aliphatic rings. The Labute approximate surface area is 121 Å². The number of alkyl halides is 3. The topological polar surface area (TPSA) is 44.1 Å². The zero-order chi connectivity index (χ0) is 15.6. The standard InChI is InChI=1S/C14H19F3N2O2/c1-3-19-12(11(21-2)8-18-19)13(20)9-4-6-10(7-5-9)14(15,16)17/h8-10H,3-7H2,1-2H3. The van der Waals surface area contributed by atoms with Crippen LogP contribution in [0.1, 0.15) is 43.1 Å². The molecule has 0 radical (unpaired) electrons. The minimum atomic E-state index is -4.16. The summed E-state index contributed by atoms with van der Waals surface area (Å²) in [6, 6.07) is 0. The summed E-state index contributed by atoms with van der Waals surface area (Å²) >= 11 is 0. The van der Waals surface area contributed by atoms with Crippen molar-refractivity contribution in [1.82, 2.24) is 9.78 Å². The molecule has 0 spiro atoms. The quantitative estimate of drug-likeness (QED) is 0.800. The lowest BCUT2D eigenvalue weighted by atomic mass is 9.79. The SMILES string of the molecule is CCn1ncc(OC)c1C(=O)C1CCC(C(F)(F)F)CC1. The maximum atomic E-state index is 12.7. The van der Waals surface area contributed by atoms with Crippen LogP contribution in [0.25, 0.3) is 0 Å². The van der Waals surface area contributed by atoms with Crippen LogP contribution in [0.15, 0.2) is 6.20 Å². The number of methoxy groups -OCH3 is 1. The summed E-state index contributed by atoms with van der Waals surface area (Å²) in [4.78, 5) is 12.6. The predicted octanol–water partition coefficient (Wildman–Crippen LogP) is 3.46. The third-order valence-corrected chi connectivity index (χ3v) is 4.12. The molecular formula is C14H19F3N2O2. The van der Waals surface area contributed by atoms with Crippen LogP contribution in [0.4, 0.5) is 13.2 Å². The second kappa shape index (κ2) is 6.07. The predicted molar refractivity (Wildman–Crippen MR) is 70.3 cm³/mol. The molecule has 0 aromatic carbocycles. The Bertz CT molecular complexity index is 481. The number of hydrogen-bond donors (Lipinski definition) is 0. The molecule has 0 bridgehead atoms. The molecule has 1 fully saturated rings. The smallest absolute Gasteiger partial charge is 0.391 e. The molecule has 0 saturated heterocycles. The number of Topliss-reactive ketones (excluding diaryl/α,β-unsaturated/α-hetero) is 1. The first-order chi connectivity index (χ1) is 9.88. The minimum absolute atomic E-state index is 0.0164. The minimum Gasteiger partial charge on any atom is -0.493 e. The van der Waals surface area contributed by atoms with E-state index in [9.17, 15) is 18.0 Å². The van der Waals surface area contributed by atoms with Gasteiger partial charge in [-0.2, -0.15) is 18.3 Å². The van der Waals surface area contributed by atoms with Gasteiger partial charge in [-0.1, -0.05) is 0 Å². The molecule has 21 heavy (non-hydrogen) atoms. The lowest BCUT2D eigenvalue weighted by molar-refractivity contribution is -0.183. The highest BCUT2D eigenvalue weighted by Crippen LogP contribution is 2.40. The monoisotopic (exact) mass is 304 g/mol. The number of hydrogen-bond acceptors (Lipinski definition) is 3. The number of ether oxygens (including phenoxy) is 1. The van der Waals surface area contributed by atoms with Gasteiger partial charge in [0.05, 0.1) is 19.2 Å². The summed E-state index contributed by atoms with van der Waals surface area (Å²) in [7, 11) is 1.45. The zero-order valence-electron chi connectivity index (χ0n) is 12.1. The van der Waals surface area contributed by atoms with E-state index in [1.165, 1.54) is 18.0 Å². The van der Waals surface area contributed by atoms with Crippen molar-refractivity contribution < 1.29 is 22.7 Å². The number of halogens is 3. The van der Waals surface area contributed by atoms with Crippen LogP contribution in [0.3, 0.4) is 0 Å².